The van der Waals surface area contributed by atoms with Crippen LogP contribution in [0.1, 0.15) is 18.1 Å². The number of piperazine rings is 1. The third-order valence-electron chi connectivity index (χ3n) is 5.55. The fourth-order valence-electron chi connectivity index (χ4n) is 3.61. The molecule has 3 rings (SSSR count). The van der Waals surface area contributed by atoms with Gasteiger partial charge in [-0.3, -0.25) is 0 Å². The Balaban J connectivity index is 1.52. The average molecular weight is 441 g/mol. The molecule has 2 N–H and O–H groups in total. The molecule has 174 valence electrons. The Bertz CT molecular complexity index is 863. The number of nitrogens with one attached hydrogen (secondary N) is 2. The molecule has 1 aromatic carbocycles. The molecule has 0 spiro atoms. The summed E-state index contributed by atoms with van der Waals surface area (Å²) in [4.78, 5) is 14.1. The SMILES string of the molecule is CCNC(=NCc1ccc(N2CCN(C)CC2)nc1)NCCc1ccc(OC)c(OC)c1. The van der Waals surface area contributed by atoms with E-state index in [0.717, 1.165) is 74.5 Å². The molecular weight excluding hydrogens is 404 g/mol. The number of hydrogen-bond acceptors (Lipinski definition) is 6. The minimum atomic E-state index is 0.585. The first-order valence-corrected chi connectivity index (χ1v) is 11.2. The zero-order valence-electron chi connectivity index (χ0n) is 19.7. The summed E-state index contributed by atoms with van der Waals surface area (Å²) in [7, 11) is 5.46. The van der Waals surface area contributed by atoms with Crippen molar-refractivity contribution in [3.05, 3.63) is 47.7 Å². The van der Waals surface area contributed by atoms with Crippen molar-refractivity contribution in [1.29, 1.82) is 0 Å². The van der Waals surface area contributed by atoms with E-state index < -0.39 is 0 Å². The Morgan fingerprint density at radius 1 is 1.00 bits per heavy atom. The van der Waals surface area contributed by atoms with E-state index in [2.05, 4.69) is 57.6 Å². The van der Waals surface area contributed by atoms with Gasteiger partial charge in [0, 0.05) is 45.5 Å². The second kappa shape index (κ2) is 12.1. The first kappa shape index (κ1) is 23.7. The van der Waals surface area contributed by atoms with Crippen molar-refractivity contribution >= 4 is 11.8 Å². The normalized spacial score (nSPS) is 14.9. The molecule has 0 amide bonds. The lowest BCUT2D eigenvalue weighted by atomic mass is 10.1. The molecular formula is C24H36N6O2. The molecule has 0 atom stereocenters. The third kappa shape index (κ3) is 6.75. The standard InChI is InChI=1S/C24H36N6O2/c1-5-25-24(26-11-10-19-6-8-21(31-3)22(16-19)32-4)28-18-20-7-9-23(27-17-20)30-14-12-29(2)13-15-30/h6-9,16-17H,5,10-15,18H2,1-4H3,(H2,25,26,28). The second-order valence-electron chi connectivity index (χ2n) is 7.88. The number of ether oxygens (including phenoxy) is 2. The molecule has 2 aromatic rings. The Labute approximate surface area is 191 Å². The molecule has 2 heterocycles. The summed E-state index contributed by atoms with van der Waals surface area (Å²) in [5.74, 6) is 3.34. The average Bonchev–Trinajstić information content (AvgIpc) is 2.83. The van der Waals surface area contributed by atoms with Gasteiger partial charge >= 0.3 is 0 Å². The molecule has 8 heteroatoms. The Hall–Kier alpha value is -3.00. The number of anilines is 1. The van der Waals surface area contributed by atoms with Gasteiger partial charge in [0.15, 0.2) is 17.5 Å². The predicted octanol–water partition coefficient (Wildman–Crippen LogP) is 2.15. The van der Waals surface area contributed by atoms with Gasteiger partial charge < -0.3 is 29.9 Å². The van der Waals surface area contributed by atoms with Gasteiger partial charge in [-0.05, 0) is 49.7 Å². The Morgan fingerprint density at radius 2 is 1.75 bits per heavy atom. The number of likely N-dealkylation sites (N-methyl/N-ethyl adjacent to an activating group) is 1. The summed E-state index contributed by atoms with van der Waals surface area (Å²) >= 11 is 0. The van der Waals surface area contributed by atoms with Crippen LogP contribution in [0.2, 0.25) is 0 Å². The molecule has 1 aliphatic heterocycles. The second-order valence-corrected chi connectivity index (χ2v) is 7.88. The zero-order chi connectivity index (χ0) is 22.8. The first-order chi connectivity index (χ1) is 15.6. The van der Waals surface area contributed by atoms with Gasteiger partial charge in [0.2, 0.25) is 0 Å². The van der Waals surface area contributed by atoms with Crippen LogP contribution in [0.5, 0.6) is 11.5 Å². The quantitative estimate of drug-likeness (QED) is 0.457. The Kier molecular flexibility index (Phi) is 8.98. The first-order valence-electron chi connectivity index (χ1n) is 11.2. The highest BCUT2D eigenvalue weighted by atomic mass is 16.5. The van der Waals surface area contributed by atoms with Crippen molar-refractivity contribution < 1.29 is 9.47 Å². The van der Waals surface area contributed by atoms with Crippen LogP contribution in [-0.4, -0.2) is 76.4 Å². The molecule has 32 heavy (non-hydrogen) atoms. The van der Waals surface area contributed by atoms with Gasteiger partial charge in [0.05, 0.1) is 20.8 Å². The molecule has 1 saturated heterocycles. The Morgan fingerprint density at radius 3 is 2.41 bits per heavy atom. The fraction of sp³-hybridized carbons (Fsp3) is 0.500. The lowest BCUT2D eigenvalue weighted by Gasteiger charge is -2.33. The van der Waals surface area contributed by atoms with Gasteiger partial charge in [-0.25, -0.2) is 9.98 Å². The van der Waals surface area contributed by atoms with Crippen molar-refractivity contribution in [3.8, 4) is 11.5 Å². The van der Waals surface area contributed by atoms with Crippen LogP contribution in [0.15, 0.2) is 41.5 Å². The van der Waals surface area contributed by atoms with Crippen molar-refractivity contribution in [2.45, 2.75) is 19.9 Å². The van der Waals surface area contributed by atoms with Gasteiger partial charge in [-0.2, -0.15) is 0 Å². The monoisotopic (exact) mass is 440 g/mol. The van der Waals surface area contributed by atoms with Crippen LogP contribution in [0, 0.1) is 0 Å². The maximum Gasteiger partial charge on any atom is 0.191 e. The van der Waals surface area contributed by atoms with Crippen LogP contribution in [-0.2, 0) is 13.0 Å². The van der Waals surface area contributed by atoms with E-state index in [1.807, 2.05) is 18.3 Å². The number of nitrogens with zero attached hydrogens (tertiary/aromatic N) is 4. The summed E-state index contributed by atoms with van der Waals surface area (Å²) in [6.07, 6.45) is 2.79. The maximum absolute atomic E-state index is 5.39. The third-order valence-corrected chi connectivity index (χ3v) is 5.55. The fourth-order valence-corrected chi connectivity index (χ4v) is 3.61. The van der Waals surface area contributed by atoms with Crippen LogP contribution < -0.4 is 25.0 Å². The van der Waals surface area contributed by atoms with Crippen molar-refractivity contribution in [2.24, 2.45) is 4.99 Å². The van der Waals surface area contributed by atoms with Gasteiger partial charge in [0.25, 0.3) is 0 Å². The number of guanidine groups is 1. The van der Waals surface area contributed by atoms with Crippen LogP contribution in [0.4, 0.5) is 5.82 Å². The number of pyridine rings is 1. The predicted molar refractivity (Wildman–Crippen MR) is 130 cm³/mol. The smallest absolute Gasteiger partial charge is 0.191 e. The minimum absolute atomic E-state index is 0.585. The van der Waals surface area contributed by atoms with E-state index in [1.165, 1.54) is 5.56 Å². The van der Waals surface area contributed by atoms with Gasteiger partial charge in [-0.1, -0.05) is 12.1 Å². The van der Waals surface area contributed by atoms with E-state index in [4.69, 9.17) is 14.5 Å². The molecule has 1 fully saturated rings. The van der Waals surface area contributed by atoms with Crippen molar-refractivity contribution in [1.82, 2.24) is 20.5 Å². The van der Waals surface area contributed by atoms with Crippen LogP contribution in [0.25, 0.3) is 0 Å². The minimum Gasteiger partial charge on any atom is -0.493 e. The summed E-state index contributed by atoms with van der Waals surface area (Å²) in [5.41, 5.74) is 2.27. The number of hydrogen-bond donors (Lipinski definition) is 2. The van der Waals surface area contributed by atoms with E-state index >= 15 is 0 Å². The molecule has 1 aliphatic rings. The van der Waals surface area contributed by atoms with Gasteiger partial charge in [-0.15, -0.1) is 0 Å². The number of rotatable bonds is 9. The molecule has 0 unspecified atom stereocenters. The molecule has 0 bridgehead atoms. The largest absolute Gasteiger partial charge is 0.493 e. The molecule has 0 saturated carbocycles. The zero-order valence-corrected chi connectivity index (χ0v) is 19.7. The highest BCUT2D eigenvalue weighted by Crippen LogP contribution is 2.27. The van der Waals surface area contributed by atoms with E-state index in [-0.39, 0.29) is 0 Å². The highest BCUT2D eigenvalue weighted by molar-refractivity contribution is 5.79. The summed E-state index contributed by atoms with van der Waals surface area (Å²) < 4.78 is 10.7. The van der Waals surface area contributed by atoms with Crippen LogP contribution >= 0.6 is 0 Å². The van der Waals surface area contributed by atoms with Crippen molar-refractivity contribution in [3.63, 3.8) is 0 Å². The molecule has 1 aromatic heterocycles. The number of aliphatic imine (C=N–C) groups is 1. The molecule has 0 radical (unpaired) electrons. The van der Waals surface area contributed by atoms with E-state index in [1.54, 1.807) is 14.2 Å². The highest BCUT2D eigenvalue weighted by Gasteiger charge is 2.14. The van der Waals surface area contributed by atoms with E-state index in [0.29, 0.717) is 6.54 Å². The topological polar surface area (TPSA) is 74.3 Å². The summed E-state index contributed by atoms with van der Waals surface area (Å²) in [6.45, 7) is 8.43. The van der Waals surface area contributed by atoms with Crippen molar-refractivity contribution in [2.75, 3.05) is 65.4 Å². The number of benzene rings is 1. The molecule has 8 nitrogen and oxygen atoms in total. The maximum atomic E-state index is 5.39. The summed E-state index contributed by atoms with van der Waals surface area (Å²) in [6, 6.07) is 10.2. The van der Waals surface area contributed by atoms with E-state index in [9.17, 15) is 0 Å². The number of methoxy groups -OCH3 is 2. The lowest BCUT2D eigenvalue weighted by Crippen LogP contribution is -2.44. The lowest BCUT2D eigenvalue weighted by molar-refractivity contribution is 0.312. The summed E-state index contributed by atoms with van der Waals surface area (Å²) in [5, 5.41) is 6.71. The molecule has 0 aliphatic carbocycles. The number of aromatic nitrogens is 1. The van der Waals surface area contributed by atoms with Gasteiger partial charge in [0.1, 0.15) is 5.82 Å². The van der Waals surface area contributed by atoms with Crippen LogP contribution in [0.3, 0.4) is 0 Å².